The molecule has 0 aliphatic heterocycles. The van der Waals surface area contributed by atoms with Crippen LogP contribution in [-0.4, -0.2) is 11.1 Å². The van der Waals surface area contributed by atoms with Gasteiger partial charge < -0.3 is 5.11 Å². The Hall–Kier alpha value is -2.30. The molecule has 0 spiro atoms. The quantitative estimate of drug-likeness (QED) is 0.886. The number of hydrogen-bond donors (Lipinski definition) is 1. The number of carboxylic acid groups (broad SMARTS) is 1. The van der Waals surface area contributed by atoms with Gasteiger partial charge in [0.05, 0.1) is 11.1 Å². The van der Waals surface area contributed by atoms with Gasteiger partial charge in [-0.05, 0) is 35.7 Å². The normalized spacial score (nSPS) is 11.4. The van der Waals surface area contributed by atoms with Gasteiger partial charge in [-0.1, -0.05) is 30.3 Å². The van der Waals surface area contributed by atoms with Gasteiger partial charge in [0, 0.05) is 0 Å². The average molecular weight is 280 g/mol. The van der Waals surface area contributed by atoms with Crippen molar-refractivity contribution in [1.29, 1.82) is 0 Å². The van der Waals surface area contributed by atoms with E-state index >= 15 is 0 Å². The minimum atomic E-state index is -4.48. The van der Waals surface area contributed by atoms with Gasteiger partial charge in [0.25, 0.3) is 0 Å². The first-order chi connectivity index (χ1) is 9.32. The monoisotopic (exact) mass is 280 g/mol. The number of alkyl halides is 3. The van der Waals surface area contributed by atoms with Crippen LogP contribution in [0.15, 0.2) is 42.5 Å². The summed E-state index contributed by atoms with van der Waals surface area (Å²) in [6, 6.07) is 9.45. The molecule has 1 N–H and O–H groups in total. The van der Waals surface area contributed by atoms with Gasteiger partial charge in [-0.2, -0.15) is 13.2 Å². The maximum absolute atomic E-state index is 13.0. The third-order valence-electron chi connectivity index (χ3n) is 3.09. The molecule has 5 heteroatoms. The largest absolute Gasteiger partial charge is 0.478 e. The SMILES string of the molecule is Cc1c(C(=O)O)cccc1-c1ccccc1C(F)(F)F. The molecule has 2 aromatic rings. The Balaban J connectivity index is 2.70. The number of carboxylic acids is 1. The molecule has 0 amide bonds. The van der Waals surface area contributed by atoms with Crippen molar-refractivity contribution in [2.75, 3.05) is 0 Å². The Morgan fingerprint density at radius 2 is 1.60 bits per heavy atom. The van der Waals surface area contributed by atoms with E-state index in [4.69, 9.17) is 5.11 Å². The number of hydrogen-bond acceptors (Lipinski definition) is 1. The van der Waals surface area contributed by atoms with E-state index in [9.17, 15) is 18.0 Å². The van der Waals surface area contributed by atoms with Gasteiger partial charge in [-0.15, -0.1) is 0 Å². The van der Waals surface area contributed by atoms with Gasteiger partial charge in [-0.3, -0.25) is 0 Å². The Bertz CT molecular complexity index is 660. The molecule has 0 radical (unpaired) electrons. The first-order valence-corrected chi connectivity index (χ1v) is 5.82. The lowest BCUT2D eigenvalue weighted by atomic mass is 9.93. The molecule has 2 rings (SSSR count). The molecule has 2 aromatic carbocycles. The summed E-state index contributed by atoms with van der Waals surface area (Å²) in [5.74, 6) is -1.16. The van der Waals surface area contributed by atoms with Gasteiger partial charge >= 0.3 is 12.1 Å². The third kappa shape index (κ3) is 2.52. The summed E-state index contributed by atoms with van der Waals surface area (Å²) in [6.45, 7) is 1.51. The summed E-state index contributed by atoms with van der Waals surface area (Å²) in [4.78, 5) is 11.1. The lowest BCUT2D eigenvalue weighted by Crippen LogP contribution is -2.08. The summed E-state index contributed by atoms with van der Waals surface area (Å²) >= 11 is 0. The van der Waals surface area contributed by atoms with Crippen LogP contribution < -0.4 is 0 Å². The van der Waals surface area contributed by atoms with Crippen LogP contribution in [0, 0.1) is 6.92 Å². The molecule has 20 heavy (non-hydrogen) atoms. The maximum Gasteiger partial charge on any atom is 0.417 e. The predicted octanol–water partition coefficient (Wildman–Crippen LogP) is 4.38. The molecule has 0 aliphatic rings. The van der Waals surface area contributed by atoms with Gasteiger partial charge in [0.15, 0.2) is 0 Å². The number of rotatable bonds is 2. The molecular weight excluding hydrogens is 269 g/mol. The molecule has 0 heterocycles. The molecule has 0 saturated carbocycles. The lowest BCUT2D eigenvalue weighted by molar-refractivity contribution is -0.137. The van der Waals surface area contributed by atoms with Crippen LogP contribution in [0.2, 0.25) is 0 Å². The predicted molar refractivity (Wildman–Crippen MR) is 68.6 cm³/mol. The fraction of sp³-hybridized carbons (Fsp3) is 0.133. The van der Waals surface area contributed by atoms with E-state index in [1.54, 1.807) is 0 Å². The van der Waals surface area contributed by atoms with Gasteiger partial charge in [0.2, 0.25) is 0 Å². The molecule has 0 bridgehead atoms. The molecule has 0 aliphatic carbocycles. The van der Waals surface area contributed by atoms with Crippen molar-refractivity contribution < 1.29 is 23.1 Å². The van der Waals surface area contributed by atoms with Crippen molar-refractivity contribution in [2.24, 2.45) is 0 Å². The number of benzene rings is 2. The molecular formula is C15H11F3O2. The molecule has 104 valence electrons. The van der Waals surface area contributed by atoms with Crippen molar-refractivity contribution in [3.8, 4) is 11.1 Å². The van der Waals surface area contributed by atoms with Crippen LogP contribution in [-0.2, 0) is 6.18 Å². The first kappa shape index (κ1) is 14.1. The highest BCUT2D eigenvalue weighted by Crippen LogP contribution is 2.38. The highest BCUT2D eigenvalue weighted by molar-refractivity contribution is 5.92. The molecule has 0 atom stereocenters. The molecule has 0 saturated heterocycles. The summed E-state index contributed by atoms with van der Waals surface area (Å²) in [5.41, 5.74) is -0.194. The van der Waals surface area contributed by atoms with Crippen LogP contribution >= 0.6 is 0 Å². The number of aromatic carboxylic acids is 1. The van der Waals surface area contributed by atoms with E-state index in [1.165, 1.54) is 43.3 Å². The summed E-state index contributed by atoms with van der Waals surface area (Å²) < 4.78 is 39.0. The van der Waals surface area contributed by atoms with Crippen LogP contribution in [0.25, 0.3) is 11.1 Å². The van der Waals surface area contributed by atoms with E-state index in [0.29, 0.717) is 5.56 Å². The Labute approximate surface area is 113 Å². The van der Waals surface area contributed by atoms with E-state index in [2.05, 4.69) is 0 Å². The molecule has 2 nitrogen and oxygen atoms in total. The van der Waals surface area contributed by atoms with Crippen molar-refractivity contribution in [3.05, 3.63) is 59.2 Å². The van der Waals surface area contributed by atoms with E-state index < -0.39 is 17.7 Å². The Kier molecular flexibility index (Phi) is 3.53. The summed E-state index contributed by atoms with van der Waals surface area (Å²) in [6.07, 6.45) is -4.48. The molecule has 0 unspecified atom stereocenters. The average Bonchev–Trinajstić information content (AvgIpc) is 2.37. The summed E-state index contributed by atoms with van der Waals surface area (Å²) in [5, 5.41) is 9.04. The second-order valence-corrected chi connectivity index (χ2v) is 4.33. The first-order valence-electron chi connectivity index (χ1n) is 5.82. The Morgan fingerprint density at radius 1 is 1.00 bits per heavy atom. The van der Waals surface area contributed by atoms with Crippen LogP contribution in [0.4, 0.5) is 13.2 Å². The fourth-order valence-corrected chi connectivity index (χ4v) is 2.12. The van der Waals surface area contributed by atoms with Crippen molar-refractivity contribution in [3.63, 3.8) is 0 Å². The van der Waals surface area contributed by atoms with E-state index in [1.807, 2.05) is 0 Å². The minimum Gasteiger partial charge on any atom is -0.478 e. The maximum atomic E-state index is 13.0. The second-order valence-electron chi connectivity index (χ2n) is 4.33. The zero-order chi connectivity index (χ0) is 14.9. The lowest BCUT2D eigenvalue weighted by Gasteiger charge is -2.15. The zero-order valence-corrected chi connectivity index (χ0v) is 10.5. The molecule has 0 aromatic heterocycles. The number of carbonyl (C=O) groups is 1. The molecule has 0 fully saturated rings. The Morgan fingerprint density at radius 3 is 2.20 bits per heavy atom. The smallest absolute Gasteiger partial charge is 0.417 e. The second kappa shape index (κ2) is 5.00. The summed E-state index contributed by atoms with van der Waals surface area (Å²) in [7, 11) is 0. The van der Waals surface area contributed by atoms with Crippen molar-refractivity contribution >= 4 is 5.97 Å². The van der Waals surface area contributed by atoms with Crippen LogP contribution in [0.1, 0.15) is 21.5 Å². The minimum absolute atomic E-state index is 0.000484. The highest BCUT2D eigenvalue weighted by Gasteiger charge is 2.33. The standard InChI is InChI=1S/C15H11F3O2/c1-9-10(6-4-7-11(9)14(19)20)12-5-2-3-8-13(12)15(16,17)18/h2-8H,1H3,(H,19,20). The van der Waals surface area contributed by atoms with Gasteiger partial charge in [0.1, 0.15) is 0 Å². The van der Waals surface area contributed by atoms with Crippen molar-refractivity contribution in [2.45, 2.75) is 13.1 Å². The van der Waals surface area contributed by atoms with E-state index in [0.717, 1.165) is 6.07 Å². The van der Waals surface area contributed by atoms with Gasteiger partial charge in [-0.25, -0.2) is 4.79 Å². The van der Waals surface area contributed by atoms with Crippen LogP contribution in [0.3, 0.4) is 0 Å². The zero-order valence-electron chi connectivity index (χ0n) is 10.5. The van der Waals surface area contributed by atoms with Crippen LogP contribution in [0.5, 0.6) is 0 Å². The van der Waals surface area contributed by atoms with Crippen molar-refractivity contribution in [1.82, 2.24) is 0 Å². The highest BCUT2D eigenvalue weighted by atomic mass is 19.4. The third-order valence-corrected chi connectivity index (χ3v) is 3.09. The topological polar surface area (TPSA) is 37.3 Å². The van der Waals surface area contributed by atoms with E-state index in [-0.39, 0.29) is 16.7 Å². The number of halogens is 3. The fourth-order valence-electron chi connectivity index (χ4n) is 2.12.